The van der Waals surface area contributed by atoms with E-state index in [0.717, 1.165) is 0 Å². The van der Waals surface area contributed by atoms with E-state index in [2.05, 4.69) is 5.32 Å². The molecule has 1 fully saturated rings. The fourth-order valence-corrected chi connectivity index (χ4v) is 1.67. The minimum Gasteiger partial charge on any atom is -0.391 e. The molecule has 1 rings (SSSR count). The summed E-state index contributed by atoms with van der Waals surface area (Å²) in [6.07, 6.45) is -5.32. The van der Waals surface area contributed by atoms with E-state index < -0.39 is 23.7 Å². The molecule has 1 saturated heterocycles. The fourth-order valence-electron chi connectivity index (χ4n) is 1.67. The molecule has 0 spiro atoms. The van der Waals surface area contributed by atoms with E-state index in [1.165, 1.54) is 6.92 Å². The Bertz CT molecular complexity index is 270. The number of carbonyl (C=O) groups excluding carboxylic acids is 1. The molecule has 1 heterocycles. The van der Waals surface area contributed by atoms with Gasteiger partial charge in [0.05, 0.1) is 11.6 Å². The molecule has 7 heteroatoms. The Hall–Kier alpha value is -0.820. The molecular weight excluding hydrogens is 225 g/mol. The number of aliphatic hydroxyl groups excluding tert-OH is 1. The summed E-state index contributed by atoms with van der Waals surface area (Å²) in [6.45, 7) is 2.42. The molecule has 3 N–H and O–H groups in total. The number of carbonyl (C=O) groups is 1. The van der Waals surface area contributed by atoms with Crippen molar-refractivity contribution in [2.45, 2.75) is 37.6 Å². The molecule has 1 aliphatic heterocycles. The van der Waals surface area contributed by atoms with E-state index in [9.17, 15) is 23.1 Å². The Morgan fingerprint density at radius 3 is 2.69 bits per heavy atom. The minimum atomic E-state index is -4.91. The summed E-state index contributed by atoms with van der Waals surface area (Å²) < 4.78 is 36.3. The number of alkyl halides is 3. The predicted octanol–water partition coefficient (Wildman–Crippen LogP) is 0.168. The first-order chi connectivity index (χ1) is 7.26. The lowest BCUT2D eigenvalue weighted by Crippen LogP contribution is -2.57. The second kappa shape index (κ2) is 4.58. The first kappa shape index (κ1) is 13.2. The van der Waals surface area contributed by atoms with Crippen LogP contribution in [0.4, 0.5) is 13.2 Å². The highest BCUT2D eigenvalue weighted by Crippen LogP contribution is 2.23. The Balaban J connectivity index is 2.72. The third kappa shape index (κ3) is 3.08. The topological polar surface area (TPSA) is 61.4 Å². The molecule has 2 atom stereocenters. The third-order valence-corrected chi connectivity index (χ3v) is 2.81. The average molecular weight is 240 g/mol. The van der Waals surface area contributed by atoms with Crippen LogP contribution >= 0.6 is 0 Å². The van der Waals surface area contributed by atoms with E-state index in [1.807, 2.05) is 5.32 Å². The molecule has 2 unspecified atom stereocenters. The number of nitrogens with one attached hydrogen (secondary N) is 2. The average Bonchev–Trinajstić information content (AvgIpc) is 2.29. The zero-order chi connectivity index (χ0) is 12.4. The van der Waals surface area contributed by atoms with Crippen molar-refractivity contribution in [2.24, 2.45) is 0 Å². The van der Waals surface area contributed by atoms with Gasteiger partial charge in [0.2, 0.25) is 0 Å². The van der Waals surface area contributed by atoms with Gasteiger partial charge in [-0.25, -0.2) is 0 Å². The summed E-state index contributed by atoms with van der Waals surface area (Å²) in [5.74, 6) is -2.00. The zero-order valence-corrected chi connectivity index (χ0v) is 8.90. The first-order valence-corrected chi connectivity index (χ1v) is 5.04. The maximum Gasteiger partial charge on any atom is 0.471 e. The van der Waals surface area contributed by atoms with E-state index in [1.54, 1.807) is 0 Å². The third-order valence-electron chi connectivity index (χ3n) is 2.81. The summed E-state index contributed by atoms with van der Waals surface area (Å²) in [5.41, 5.74) is -1.23. The number of aliphatic hydroxyl groups is 1. The standard InChI is InChI=1S/C9H15F3N2O2/c1-8(14-7(16)9(10,11)12)3-5-13-4-2-6(8)15/h6,13,15H,2-5H2,1H3,(H,14,16). The largest absolute Gasteiger partial charge is 0.471 e. The SMILES string of the molecule is CC1(NC(=O)C(F)(F)F)CCNCCC1O. The number of rotatable bonds is 1. The van der Waals surface area contributed by atoms with E-state index in [0.29, 0.717) is 19.5 Å². The summed E-state index contributed by atoms with van der Waals surface area (Å²) in [4.78, 5) is 10.8. The number of hydrogen-bond donors (Lipinski definition) is 3. The molecule has 0 radical (unpaired) electrons. The van der Waals surface area contributed by atoms with Crippen molar-refractivity contribution in [1.29, 1.82) is 0 Å². The van der Waals surface area contributed by atoms with Crippen LogP contribution in [0.1, 0.15) is 19.8 Å². The molecule has 1 aliphatic rings. The molecule has 16 heavy (non-hydrogen) atoms. The van der Waals surface area contributed by atoms with Gasteiger partial charge in [-0.3, -0.25) is 4.79 Å². The molecule has 0 bridgehead atoms. The van der Waals surface area contributed by atoms with Gasteiger partial charge in [-0.15, -0.1) is 0 Å². The van der Waals surface area contributed by atoms with Gasteiger partial charge in [0.1, 0.15) is 0 Å². The van der Waals surface area contributed by atoms with Crippen molar-refractivity contribution < 1.29 is 23.1 Å². The van der Waals surface area contributed by atoms with Gasteiger partial charge in [0, 0.05) is 0 Å². The van der Waals surface area contributed by atoms with Gasteiger partial charge < -0.3 is 15.7 Å². The Morgan fingerprint density at radius 2 is 2.12 bits per heavy atom. The van der Waals surface area contributed by atoms with Crippen molar-refractivity contribution in [2.75, 3.05) is 13.1 Å². The highest BCUT2D eigenvalue weighted by Gasteiger charge is 2.44. The van der Waals surface area contributed by atoms with Gasteiger partial charge in [0.25, 0.3) is 0 Å². The lowest BCUT2D eigenvalue weighted by molar-refractivity contribution is -0.177. The van der Waals surface area contributed by atoms with Crippen LogP contribution < -0.4 is 10.6 Å². The minimum absolute atomic E-state index is 0.260. The quantitative estimate of drug-likeness (QED) is 0.612. The molecule has 0 aliphatic carbocycles. The van der Waals surface area contributed by atoms with Crippen LogP contribution in [0.2, 0.25) is 0 Å². The highest BCUT2D eigenvalue weighted by molar-refractivity contribution is 5.82. The van der Waals surface area contributed by atoms with Gasteiger partial charge in [0.15, 0.2) is 0 Å². The van der Waals surface area contributed by atoms with Crippen molar-refractivity contribution in [3.8, 4) is 0 Å². The van der Waals surface area contributed by atoms with Crippen molar-refractivity contribution >= 4 is 5.91 Å². The van der Waals surface area contributed by atoms with Crippen LogP contribution in [0, 0.1) is 0 Å². The zero-order valence-electron chi connectivity index (χ0n) is 8.90. The maximum atomic E-state index is 12.1. The van der Waals surface area contributed by atoms with Crippen LogP contribution in [-0.2, 0) is 4.79 Å². The lowest BCUT2D eigenvalue weighted by atomic mass is 9.90. The molecular formula is C9H15F3N2O2. The van der Waals surface area contributed by atoms with Crippen molar-refractivity contribution in [3.63, 3.8) is 0 Å². The molecule has 1 amide bonds. The number of amides is 1. The van der Waals surface area contributed by atoms with E-state index in [4.69, 9.17) is 0 Å². The van der Waals surface area contributed by atoms with Crippen LogP contribution in [0.5, 0.6) is 0 Å². The summed E-state index contributed by atoms with van der Waals surface area (Å²) in [6, 6.07) is 0. The molecule has 4 nitrogen and oxygen atoms in total. The van der Waals surface area contributed by atoms with Gasteiger partial charge in [-0.2, -0.15) is 13.2 Å². The molecule has 0 aromatic heterocycles. The smallest absolute Gasteiger partial charge is 0.391 e. The van der Waals surface area contributed by atoms with E-state index >= 15 is 0 Å². The first-order valence-electron chi connectivity index (χ1n) is 5.04. The molecule has 0 aromatic carbocycles. The normalized spacial score (nSPS) is 31.9. The van der Waals surface area contributed by atoms with Gasteiger partial charge in [-0.05, 0) is 32.9 Å². The van der Waals surface area contributed by atoms with Crippen LogP contribution in [0.3, 0.4) is 0 Å². The molecule has 0 aromatic rings. The van der Waals surface area contributed by atoms with Crippen LogP contribution in [0.15, 0.2) is 0 Å². The Morgan fingerprint density at radius 1 is 1.50 bits per heavy atom. The summed E-state index contributed by atoms with van der Waals surface area (Å²) in [7, 11) is 0. The second-order valence-electron chi connectivity index (χ2n) is 4.17. The molecule has 0 saturated carbocycles. The van der Waals surface area contributed by atoms with Crippen LogP contribution in [-0.4, -0.2) is 41.9 Å². The predicted molar refractivity (Wildman–Crippen MR) is 50.7 cm³/mol. The highest BCUT2D eigenvalue weighted by atomic mass is 19.4. The monoisotopic (exact) mass is 240 g/mol. The van der Waals surface area contributed by atoms with Gasteiger partial charge >= 0.3 is 12.1 Å². The summed E-state index contributed by atoms with van der Waals surface area (Å²) >= 11 is 0. The number of halogens is 3. The van der Waals surface area contributed by atoms with Gasteiger partial charge in [-0.1, -0.05) is 0 Å². The van der Waals surface area contributed by atoms with Crippen molar-refractivity contribution in [3.05, 3.63) is 0 Å². The summed E-state index contributed by atoms with van der Waals surface area (Å²) in [5, 5.41) is 14.5. The Kier molecular flexibility index (Phi) is 3.80. The van der Waals surface area contributed by atoms with Crippen LogP contribution in [0.25, 0.3) is 0 Å². The fraction of sp³-hybridized carbons (Fsp3) is 0.889. The maximum absolute atomic E-state index is 12.1. The molecule has 94 valence electrons. The Labute approximate surface area is 91.2 Å². The lowest BCUT2D eigenvalue weighted by Gasteiger charge is -2.34. The number of hydrogen-bond acceptors (Lipinski definition) is 3. The van der Waals surface area contributed by atoms with Crippen molar-refractivity contribution in [1.82, 2.24) is 10.6 Å². The van der Waals surface area contributed by atoms with E-state index in [-0.39, 0.29) is 6.42 Å². The second-order valence-corrected chi connectivity index (χ2v) is 4.17.